The molecule has 5 nitrogen and oxygen atoms in total. The molecule has 2 N–H and O–H groups in total. The van der Waals surface area contributed by atoms with E-state index in [0.29, 0.717) is 19.1 Å². The van der Waals surface area contributed by atoms with Crippen molar-refractivity contribution in [1.82, 2.24) is 20.5 Å². The third kappa shape index (κ3) is 4.67. The number of nitrogens with zero attached hydrogens (tertiary/aromatic N) is 2. The summed E-state index contributed by atoms with van der Waals surface area (Å²) < 4.78 is 0. The highest BCUT2D eigenvalue weighted by Gasteiger charge is 2.35. The molecule has 2 rings (SSSR count). The van der Waals surface area contributed by atoms with E-state index in [9.17, 15) is 4.79 Å². The zero-order valence-corrected chi connectivity index (χ0v) is 15.1. The highest BCUT2D eigenvalue weighted by atomic mass is 16.2. The van der Waals surface area contributed by atoms with Crippen molar-refractivity contribution in [2.75, 3.05) is 20.1 Å². The Hall–Kier alpha value is -1.62. The number of nitrogens with one attached hydrogen (secondary N) is 2. The van der Waals surface area contributed by atoms with Crippen LogP contribution in [0.15, 0.2) is 12.1 Å². The van der Waals surface area contributed by atoms with Gasteiger partial charge in [-0.2, -0.15) is 0 Å². The summed E-state index contributed by atoms with van der Waals surface area (Å²) in [5, 5.41) is 5.91. The normalized spacial score (nSPS) is 21.0. The molecule has 0 aliphatic carbocycles. The van der Waals surface area contributed by atoms with Crippen LogP contribution in [0.25, 0.3) is 0 Å². The van der Waals surface area contributed by atoms with Gasteiger partial charge in [-0.1, -0.05) is 19.9 Å². The summed E-state index contributed by atoms with van der Waals surface area (Å²) in [5.41, 5.74) is 3.30. The lowest BCUT2D eigenvalue weighted by Gasteiger charge is -2.45. The van der Waals surface area contributed by atoms with Gasteiger partial charge in [-0.05, 0) is 57.3 Å². The second-order valence-electron chi connectivity index (χ2n) is 7.36. The molecule has 1 saturated heterocycles. The third-order valence-corrected chi connectivity index (χ3v) is 5.06. The number of likely N-dealkylation sites (tertiary alicyclic amines) is 1. The van der Waals surface area contributed by atoms with Gasteiger partial charge < -0.3 is 15.5 Å². The van der Waals surface area contributed by atoms with Gasteiger partial charge >= 0.3 is 6.03 Å². The van der Waals surface area contributed by atoms with E-state index in [4.69, 9.17) is 0 Å². The van der Waals surface area contributed by atoms with E-state index >= 15 is 0 Å². The lowest BCUT2D eigenvalue weighted by atomic mass is 9.76. The minimum Gasteiger partial charge on any atom is -0.337 e. The van der Waals surface area contributed by atoms with Crippen LogP contribution in [-0.2, 0) is 6.54 Å². The number of hydrogen-bond donors (Lipinski definition) is 2. The Morgan fingerprint density at radius 3 is 2.74 bits per heavy atom. The molecular formula is C18H30N4O. The standard InChI is InChI=1S/C18H30N4O/c1-13-7-8-15(21-14(13)2)11-19-17(23)20-12-16-18(3,4)9-6-10-22(16)5/h7-8,16H,6,9-12H2,1-5H3,(H2,19,20,23). The van der Waals surface area contributed by atoms with Gasteiger partial charge in [0.1, 0.15) is 0 Å². The molecule has 0 aromatic carbocycles. The molecule has 1 aliphatic heterocycles. The second kappa shape index (κ2) is 7.30. The average Bonchev–Trinajstić information content (AvgIpc) is 2.47. The summed E-state index contributed by atoms with van der Waals surface area (Å²) in [5.74, 6) is 0. The molecule has 1 aromatic heterocycles. The molecule has 0 spiro atoms. The highest BCUT2D eigenvalue weighted by molar-refractivity contribution is 5.73. The Labute approximate surface area is 139 Å². The van der Waals surface area contributed by atoms with Gasteiger partial charge in [0, 0.05) is 18.3 Å². The molecule has 1 unspecified atom stereocenters. The van der Waals surface area contributed by atoms with Crippen LogP contribution in [0.1, 0.15) is 43.6 Å². The lowest BCUT2D eigenvalue weighted by Crippen LogP contribution is -2.54. The maximum Gasteiger partial charge on any atom is 0.315 e. The zero-order valence-electron chi connectivity index (χ0n) is 15.1. The molecule has 5 heteroatoms. The largest absolute Gasteiger partial charge is 0.337 e. The van der Waals surface area contributed by atoms with Gasteiger partial charge in [-0.3, -0.25) is 4.98 Å². The SMILES string of the molecule is Cc1ccc(CNC(=O)NCC2N(C)CCCC2(C)C)nc1C. The Morgan fingerprint density at radius 2 is 2.09 bits per heavy atom. The fourth-order valence-corrected chi connectivity index (χ4v) is 3.34. The van der Waals surface area contributed by atoms with Gasteiger partial charge in [-0.15, -0.1) is 0 Å². The van der Waals surface area contributed by atoms with E-state index in [0.717, 1.165) is 17.9 Å². The van der Waals surface area contributed by atoms with E-state index in [2.05, 4.69) is 41.4 Å². The average molecular weight is 318 g/mol. The second-order valence-corrected chi connectivity index (χ2v) is 7.36. The molecule has 0 radical (unpaired) electrons. The molecule has 23 heavy (non-hydrogen) atoms. The smallest absolute Gasteiger partial charge is 0.315 e. The number of carbonyl (C=O) groups is 1. The maximum atomic E-state index is 12.1. The topological polar surface area (TPSA) is 57.3 Å². The van der Waals surface area contributed by atoms with Crippen molar-refractivity contribution in [1.29, 1.82) is 0 Å². The number of aryl methyl sites for hydroxylation is 2. The summed E-state index contributed by atoms with van der Waals surface area (Å²) in [6.07, 6.45) is 2.43. The van der Waals surface area contributed by atoms with Crippen LogP contribution in [0.2, 0.25) is 0 Å². The molecule has 0 bridgehead atoms. The number of amides is 2. The number of hydrogen-bond acceptors (Lipinski definition) is 3. The number of aromatic nitrogens is 1. The minimum atomic E-state index is -0.125. The molecule has 1 fully saturated rings. The molecular weight excluding hydrogens is 288 g/mol. The third-order valence-electron chi connectivity index (χ3n) is 5.06. The number of likely N-dealkylation sites (N-methyl/N-ethyl adjacent to an activating group) is 1. The number of pyridine rings is 1. The molecule has 2 amide bonds. The first-order chi connectivity index (χ1) is 10.8. The number of carbonyl (C=O) groups excluding carboxylic acids is 1. The van der Waals surface area contributed by atoms with Gasteiger partial charge in [0.15, 0.2) is 0 Å². The van der Waals surface area contributed by atoms with Crippen molar-refractivity contribution in [3.63, 3.8) is 0 Å². The fraction of sp³-hybridized carbons (Fsp3) is 0.667. The lowest BCUT2D eigenvalue weighted by molar-refractivity contribution is 0.0599. The summed E-state index contributed by atoms with van der Waals surface area (Å²) >= 11 is 0. The van der Waals surface area contributed by atoms with Crippen molar-refractivity contribution in [2.45, 2.75) is 53.1 Å². The number of rotatable bonds is 4. The van der Waals surface area contributed by atoms with Crippen molar-refractivity contribution in [3.05, 3.63) is 29.1 Å². The van der Waals surface area contributed by atoms with Crippen LogP contribution in [0.3, 0.4) is 0 Å². The van der Waals surface area contributed by atoms with E-state index < -0.39 is 0 Å². The molecule has 1 aliphatic rings. The van der Waals surface area contributed by atoms with Gasteiger partial charge in [0.25, 0.3) is 0 Å². The van der Waals surface area contributed by atoms with Crippen LogP contribution in [0.5, 0.6) is 0 Å². The van der Waals surface area contributed by atoms with E-state index in [1.165, 1.54) is 18.4 Å². The quantitative estimate of drug-likeness (QED) is 0.897. The molecule has 128 valence electrons. The van der Waals surface area contributed by atoms with Crippen LogP contribution in [0, 0.1) is 19.3 Å². The monoisotopic (exact) mass is 318 g/mol. The molecule has 0 saturated carbocycles. The van der Waals surface area contributed by atoms with Crippen LogP contribution in [0.4, 0.5) is 4.79 Å². The first kappa shape index (κ1) is 17.7. The van der Waals surface area contributed by atoms with Gasteiger partial charge in [-0.25, -0.2) is 4.79 Å². The Bertz CT molecular complexity index is 556. The van der Waals surface area contributed by atoms with Crippen molar-refractivity contribution in [2.24, 2.45) is 5.41 Å². The summed E-state index contributed by atoms with van der Waals surface area (Å²) in [6, 6.07) is 4.25. The van der Waals surface area contributed by atoms with E-state index in [1.807, 2.05) is 26.0 Å². The van der Waals surface area contributed by atoms with E-state index in [-0.39, 0.29) is 11.4 Å². The number of urea groups is 1. The number of piperidine rings is 1. The molecule has 2 heterocycles. The van der Waals surface area contributed by atoms with Crippen LogP contribution in [-0.4, -0.2) is 42.1 Å². The first-order valence-corrected chi connectivity index (χ1v) is 8.44. The maximum absolute atomic E-state index is 12.1. The summed E-state index contributed by atoms with van der Waals surface area (Å²) in [4.78, 5) is 18.9. The zero-order chi connectivity index (χ0) is 17.0. The summed E-state index contributed by atoms with van der Waals surface area (Å²) in [7, 11) is 2.14. The van der Waals surface area contributed by atoms with Crippen LogP contribution < -0.4 is 10.6 Å². The van der Waals surface area contributed by atoms with Crippen molar-refractivity contribution in [3.8, 4) is 0 Å². The van der Waals surface area contributed by atoms with Crippen molar-refractivity contribution >= 4 is 6.03 Å². The Balaban J connectivity index is 1.81. The van der Waals surface area contributed by atoms with Gasteiger partial charge in [0.2, 0.25) is 0 Å². The Morgan fingerprint density at radius 1 is 1.35 bits per heavy atom. The molecule has 1 atom stereocenters. The van der Waals surface area contributed by atoms with Crippen LogP contribution >= 0.6 is 0 Å². The van der Waals surface area contributed by atoms with Crippen molar-refractivity contribution < 1.29 is 4.79 Å². The first-order valence-electron chi connectivity index (χ1n) is 8.44. The van der Waals surface area contributed by atoms with Gasteiger partial charge in [0.05, 0.1) is 12.2 Å². The highest BCUT2D eigenvalue weighted by Crippen LogP contribution is 2.33. The van der Waals surface area contributed by atoms with E-state index in [1.54, 1.807) is 0 Å². The predicted molar refractivity (Wildman–Crippen MR) is 93.4 cm³/mol. The summed E-state index contributed by atoms with van der Waals surface area (Å²) in [6.45, 7) is 10.8. The molecule has 1 aromatic rings. The predicted octanol–water partition coefficient (Wildman–Crippen LogP) is 2.62. The minimum absolute atomic E-state index is 0.125. The Kier molecular flexibility index (Phi) is 5.63. The fourth-order valence-electron chi connectivity index (χ4n) is 3.34.